The van der Waals surface area contributed by atoms with E-state index in [1.165, 1.54) is 29.8 Å². The van der Waals surface area contributed by atoms with E-state index < -0.39 is 0 Å². The molecule has 0 spiro atoms. The second-order valence-corrected chi connectivity index (χ2v) is 9.11. The molecule has 0 aliphatic rings. The molecule has 0 aliphatic carbocycles. The fourth-order valence-electron chi connectivity index (χ4n) is 3.52. The molecular formula is C28H27N3O4. The number of nitrogens with zero attached hydrogens (tertiary/aromatic N) is 3. The minimum absolute atomic E-state index is 0.00696. The molecule has 1 heterocycles. The maximum atomic E-state index is 10.7. The first kappa shape index (κ1) is 23.8. The highest BCUT2D eigenvalue weighted by atomic mass is 16.5. The Balaban J connectivity index is 1.86. The van der Waals surface area contributed by atoms with Gasteiger partial charge in [0.25, 0.3) is 0 Å². The zero-order valence-electron chi connectivity index (χ0n) is 19.9. The number of aromatic hydroxyl groups is 3. The molecule has 0 aliphatic heterocycles. The van der Waals surface area contributed by atoms with E-state index in [1.54, 1.807) is 18.2 Å². The van der Waals surface area contributed by atoms with Gasteiger partial charge in [0.15, 0.2) is 17.5 Å². The quantitative estimate of drug-likeness (QED) is 0.304. The monoisotopic (exact) mass is 469 g/mol. The van der Waals surface area contributed by atoms with Crippen molar-refractivity contribution in [3.63, 3.8) is 0 Å². The Hall–Kier alpha value is -4.39. The molecule has 0 saturated carbocycles. The topological polar surface area (TPSA) is 109 Å². The molecule has 1 aromatic heterocycles. The zero-order chi connectivity index (χ0) is 25.2. The number of phenols is 3. The van der Waals surface area contributed by atoms with E-state index in [-0.39, 0.29) is 34.3 Å². The summed E-state index contributed by atoms with van der Waals surface area (Å²) in [4.78, 5) is 13.7. The molecule has 178 valence electrons. The van der Waals surface area contributed by atoms with Gasteiger partial charge in [-0.2, -0.15) is 0 Å². The Morgan fingerprint density at radius 3 is 1.89 bits per heavy atom. The summed E-state index contributed by atoms with van der Waals surface area (Å²) >= 11 is 0. The second kappa shape index (κ2) is 9.46. The number of phenolic OH excluding ortho intramolecular Hbond substituents is 3. The average molecular weight is 470 g/mol. The summed E-state index contributed by atoms with van der Waals surface area (Å²) in [7, 11) is 0. The van der Waals surface area contributed by atoms with Crippen LogP contribution in [-0.4, -0.2) is 36.9 Å². The van der Waals surface area contributed by atoms with Crippen molar-refractivity contribution in [2.45, 2.75) is 26.2 Å². The number of hydrogen-bond donors (Lipinski definition) is 3. The third kappa shape index (κ3) is 5.24. The molecule has 4 aromatic rings. The van der Waals surface area contributed by atoms with E-state index in [9.17, 15) is 15.3 Å². The van der Waals surface area contributed by atoms with Gasteiger partial charge in [0, 0.05) is 17.7 Å². The average Bonchev–Trinajstić information content (AvgIpc) is 2.82. The van der Waals surface area contributed by atoms with Crippen LogP contribution in [0.4, 0.5) is 0 Å². The number of ether oxygens (including phenoxy) is 1. The maximum absolute atomic E-state index is 10.7. The number of hydrogen-bond acceptors (Lipinski definition) is 7. The van der Waals surface area contributed by atoms with Gasteiger partial charge in [0.1, 0.15) is 29.6 Å². The molecule has 7 nitrogen and oxygen atoms in total. The third-order valence-corrected chi connectivity index (χ3v) is 5.44. The van der Waals surface area contributed by atoms with Crippen molar-refractivity contribution in [3.05, 3.63) is 78.9 Å². The first-order chi connectivity index (χ1) is 16.7. The molecular weight excluding hydrogens is 442 g/mol. The van der Waals surface area contributed by atoms with E-state index in [1.807, 2.05) is 24.3 Å². The Bertz CT molecular complexity index is 1380. The van der Waals surface area contributed by atoms with Crippen LogP contribution in [0.5, 0.6) is 23.0 Å². The Labute approximate surface area is 204 Å². The lowest BCUT2D eigenvalue weighted by Gasteiger charge is -2.19. The molecule has 35 heavy (non-hydrogen) atoms. The van der Waals surface area contributed by atoms with Crippen LogP contribution in [0, 0.1) is 0 Å². The van der Waals surface area contributed by atoms with Gasteiger partial charge >= 0.3 is 0 Å². The van der Waals surface area contributed by atoms with Crippen molar-refractivity contribution >= 4 is 0 Å². The zero-order valence-corrected chi connectivity index (χ0v) is 19.9. The molecule has 0 atom stereocenters. The van der Waals surface area contributed by atoms with E-state index in [4.69, 9.17) is 4.74 Å². The molecule has 0 radical (unpaired) electrons. The van der Waals surface area contributed by atoms with Crippen molar-refractivity contribution in [3.8, 4) is 57.2 Å². The second-order valence-electron chi connectivity index (χ2n) is 9.11. The van der Waals surface area contributed by atoms with Crippen molar-refractivity contribution < 1.29 is 20.1 Å². The largest absolute Gasteiger partial charge is 0.508 e. The summed E-state index contributed by atoms with van der Waals surface area (Å²) < 4.78 is 5.49. The number of aromatic nitrogens is 3. The van der Waals surface area contributed by atoms with Gasteiger partial charge in [0.2, 0.25) is 0 Å². The molecule has 4 rings (SSSR count). The third-order valence-electron chi connectivity index (χ3n) is 5.44. The fourth-order valence-corrected chi connectivity index (χ4v) is 3.52. The highest BCUT2D eigenvalue weighted by Crippen LogP contribution is 2.35. The normalized spacial score (nSPS) is 11.3. The number of rotatable bonds is 6. The van der Waals surface area contributed by atoms with Gasteiger partial charge < -0.3 is 20.1 Å². The minimum atomic E-state index is -0.173. The fraction of sp³-hybridized carbons (Fsp3) is 0.179. The SMILES string of the molecule is C=CCOc1ccc(-c2nc(-c3ccc(C(C)(C)C)cc3)nc(-c3ccc(O)cc3O)n2)c(O)c1. The molecule has 0 fully saturated rings. The maximum Gasteiger partial charge on any atom is 0.167 e. The highest BCUT2D eigenvalue weighted by Gasteiger charge is 2.18. The Morgan fingerprint density at radius 1 is 0.771 bits per heavy atom. The molecule has 3 N–H and O–H groups in total. The lowest BCUT2D eigenvalue weighted by atomic mass is 9.87. The summed E-state index contributed by atoms with van der Waals surface area (Å²) in [5.41, 5.74) is 2.62. The predicted octanol–water partition coefficient (Wildman–Crippen LogP) is 5.85. The van der Waals surface area contributed by atoms with Crippen molar-refractivity contribution in [1.29, 1.82) is 0 Å². The Kier molecular flexibility index (Phi) is 6.42. The molecule has 0 amide bonds. The van der Waals surface area contributed by atoms with Gasteiger partial charge in [-0.3, -0.25) is 0 Å². The number of benzene rings is 3. The van der Waals surface area contributed by atoms with Gasteiger partial charge in [-0.1, -0.05) is 57.7 Å². The van der Waals surface area contributed by atoms with Gasteiger partial charge in [0.05, 0.1) is 11.1 Å². The summed E-state index contributed by atoms with van der Waals surface area (Å²) in [6, 6.07) is 17.0. The standard InChI is InChI=1S/C28H27N3O4/c1-5-14-35-20-11-13-22(24(34)16-20)27-30-25(17-6-8-18(9-7-17)28(2,3)4)29-26(31-27)21-12-10-19(32)15-23(21)33/h5-13,15-16,32-34H,1,14H2,2-4H3. The highest BCUT2D eigenvalue weighted by molar-refractivity contribution is 5.72. The van der Waals surface area contributed by atoms with Crippen LogP contribution in [0.1, 0.15) is 26.3 Å². The summed E-state index contributed by atoms with van der Waals surface area (Å²) in [6.45, 7) is 10.3. The van der Waals surface area contributed by atoms with E-state index in [2.05, 4.69) is 42.3 Å². The lowest BCUT2D eigenvalue weighted by Crippen LogP contribution is -2.10. The van der Waals surface area contributed by atoms with Crippen LogP contribution in [0.2, 0.25) is 0 Å². The predicted molar refractivity (Wildman–Crippen MR) is 136 cm³/mol. The Morgan fingerprint density at radius 2 is 1.34 bits per heavy atom. The molecule has 3 aromatic carbocycles. The van der Waals surface area contributed by atoms with Crippen LogP contribution < -0.4 is 4.74 Å². The summed E-state index contributed by atoms with van der Waals surface area (Å²) in [6.07, 6.45) is 1.62. The first-order valence-corrected chi connectivity index (χ1v) is 11.1. The molecule has 7 heteroatoms. The van der Waals surface area contributed by atoms with Gasteiger partial charge in [-0.25, -0.2) is 15.0 Å². The van der Waals surface area contributed by atoms with Crippen LogP contribution in [0.3, 0.4) is 0 Å². The van der Waals surface area contributed by atoms with Gasteiger partial charge in [-0.15, -0.1) is 0 Å². The first-order valence-electron chi connectivity index (χ1n) is 11.1. The van der Waals surface area contributed by atoms with Gasteiger partial charge in [-0.05, 0) is 35.2 Å². The van der Waals surface area contributed by atoms with Crippen LogP contribution in [-0.2, 0) is 5.41 Å². The van der Waals surface area contributed by atoms with Crippen LogP contribution in [0.25, 0.3) is 34.2 Å². The van der Waals surface area contributed by atoms with Crippen molar-refractivity contribution in [2.24, 2.45) is 0 Å². The molecule has 0 bridgehead atoms. The van der Waals surface area contributed by atoms with Crippen molar-refractivity contribution in [2.75, 3.05) is 6.61 Å². The van der Waals surface area contributed by atoms with Crippen molar-refractivity contribution in [1.82, 2.24) is 15.0 Å². The summed E-state index contributed by atoms with van der Waals surface area (Å²) in [5.74, 6) is 0.977. The minimum Gasteiger partial charge on any atom is -0.508 e. The van der Waals surface area contributed by atoms with E-state index in [0.29, 0.717) is 29.3 Å². The van der Waals surface area contributed by atoms with Crippen LogP contribution in [0.15, 0.2) is 73.3 Å². The van der Waals surface area contributed by atoms with Crippen LogP contribution >= 0.6 is 0 Å². The summed E-state index contributed by atoms with van der Waals surface area (Å²) in [5, 5.41) is 30.8. The van der Waals surface area contributed by atoms with E-state index >= 15 is 0 Å². The molecule has 0 unspecified atom stereocenters. The smallest absolute Gasteiger partial charge is 0.167 e. The lowest BCUT2D eigenvalue weighted by molar-refractivity contribution is 0.360. The van der Waals surface area contributed by atoms with E-state index in [0.717, 1.165) is 5.56 Å². The molecule has 0 saturated heterocycles.